The molecule has 0 aromatic rings. The number of aliphatic hydroxyl groups excluding tert-OH is 10. The molecule has 45 heavy (non-hydrogen) atoms. The van der Waals surface area contributed by atoms with Crippen LogP contribution in [-0.2, 0) is 42.7 Å². The summed E-state index contributed by atoms with van der Waals surface area (Å²) in [5, 5.41) is 123. The SMILES string of the molecule is C[C@@H]1O[C@@H](O)[C@H](O[C@H]2O[C@H](C(=O)O)[C@H](O[C@@H]3O[C@@H](C)[C@H](O)[C@@H](O)[C@H]3O[C@H]3O[C@H](C(=O)O)[C@H](O)[C@H](O)[C@H]3O)[C@H](O)[C@H]2O)[C@H](O)[C@H]1O. The third-order valence-electron chi connectivity index (χ3n) is 8.06. The van der Waals surface area contributed by atoms with Crippen molar-refractivity contribution in [3.63, 3.8) is 0 Å². The van der Waals surface area contributed by atoms with Gasteiger partial charge in [-0.25, -0.2) is 9.59 Å². The Morgan fingerprint density at radius 1 is 0.444 bits per heavy atom. The number of carboxylic acid groups (broad SMARTS) is 2. The second kappa shape index (κ2) is 14.2. The lowest BCUT2D eigenvalue weighted by Gasteiger charge is -2.48. The summed E-state index contributed by atoms with van der Waals surface area (Å²) in [5.74, 6) is -3.56. The summed E-state index contributed by atoms with van der Waals surface area (Å²) in [4.78, 5) is 23.6. The van der Waals surface area contributed by atoms with E-state index in [1.807, 2.05) is 0 Å². The maximum Gasteiger partial charge on any atom is 0.335 e. The van der Waals surface area contributed by atoms with E-state index in [2.05, 4.69) is 0 Å². The van der Waals surface area contributed by atoms with E-state index in [-0.39, 0.29) is 0 Å². The highest BCUT2D eigenvalue weighted by atomic mass is 16.8. The summed E-state index contributed by atoms with van der Waals surface area (Å²) in [5.41, 5.74) is 0. The fraction of sp³-hybridized carbons (Fsp3) is 0.917. The van der Waals surface area contributed by atoms with E-state index in [0.29, 0.717) is 0 Å². The first-order chi connectivity index (χ1) is 21.0. The Hall–Kier alpha value is -1.74. The van der Waals surface area contributed by atoms with Crippen LogP contribution in [0.4, 0.5) is 0 Å². The normalized spacial score (nSPS) is 52.7. The number of aliphatic carboxylic acids is 2. The number of hydrogen-bond acceptors (Lipinski definition) is 19. The van der Waals surface area contributed by atoms with Crippen LogP contribution < -0.4 is 0 Å². The van der Waals surface area contributed by atoms with Crippen LogP contribution in [0.3, 0.4) is 0 Å². The van der Waals surface area contributed by atoms with Crippen LogP contribution in [0.25, 0.3) is 0 Å². The molecule has 4 fully saturated rings. The van der Waals surface area contributed by atoms with Gasteiger partial charge in [0.05, 0.1) is 12.2 Å². The van der Waals surface area contributed by atoms with E-state index < -0.39 is 135 Å². The maximum atomic E-state index is 12.2. The Kier molecular flexibility index (Phi) is 11.4. The van der Waals surface area contributed by atoms with Crippen LogP contribution in [0.5, 0.6) is 0 Å². The first-order valence-corrected chi connectivity index (χ1v) is 13.8. The van der Waals surface area contributed by atoms with Crippen molar-refractivity contribution in [3.05, 3.63) is 0 Å². The third kappa shape index (κ3) is 7.09. The van der Waals surface area contributed by atoms with Crippen molar-refractivity contribution in [1.82, 2.24) is 0 Å². The van der Waals surface area contributed by atoms with Gasteiger partial charge in [0.2, 0.25) is 0 Å². The van der Waals surface area contributed by atoms with E-state index in [1.54, 1.807) is 0 Å². The summed E-state index contributed by atoms with van der Waals surface area (Å²) in [6, 6.07) is 0. The molecule has 0 bridgehead atoms. The monoisotopic (exact) mass is 662 g/mol. The Bertz CT molecular complexity index is 1030. The minimum Gasteiger partial charge on any atom is -0.479 e. The van der Waals surface area contributed by atoms with Gasteiger partial charge < -0.3 is 94.4 Å². The Labute approximate surface area is 253 Å². The predicted octanol–water partition coefficient (Wildman–Crippen LogP) is -7.51. The number of hydrogen-bond donors (Lipinski definition) is 12. The van der Waals surface area contributed by atoms with E-state index in [0.717, 1.165) is 0 Å². The molecule has 260 valence electrons. The Morgan fingerprint density at radius 2 is 0.867 bits per heavy atom. The van der Waals surface area contributed by atoms with Gasteiger partial charge in [0.15, 0.2) is 37.4 Å². The highest BCUT2D eigenvalue weighted by molar-refractivity contribution is 5.74. The largest absolute Gasteiger partial charge is 0.479 e. The molecule has 0 unspecified atom stereocenters. The predicted molar refractivity (Wildman–Crippen MR) is 132 cm³/mol. The smallest absolute Gasteiger partial charge is 0.335 e. The minimum absolute atomic E-state index is 1.03. The first kappa shape index (κ1) is 36.1. The van der Waals surface area contributed by atoms with Crippen LogP contribution in [-0.4, -0.2) is 196 Å². The first-order valence-electron chi connectivity index (χ1n) is 13.8. The molecule has 4 heterocycles. The van der Waals surface area contributed by atoms with Crippen LogP contribution >= 0.6 is 0 Å². The molecule has 21 heteroatoms. The zero-order chi connectivity index (χ0) is 33.7. The standard InChI is InChI=1S/C24H38O21/c1-3-5(25)8(28)16(21(38)39-3)43-23-13(33)11(31)14(18(45-23)20(36)37)41-24-17(9(29)6(26)4(2)40-24)44-22-12(32)7(27)10(30)15(42-22)19(34)35/h3-18,21-33,38H,1-2H3,(H,34,35)(H,36,37)/t3-,4-,5-,6-,7-,8+,9+,10+,11+,12+,13+,14+,15-,16+,17+,18-,21+,22+,23-,24-/m0/s1. The molecule has 4 rings (SSSR count). The molecule has 21 nitrogen and oxygen atoms in total. The van der Waals surface area contributed by atoms with Crippen LogP contribution in [0.1, 0.15) is 13.8 Å². The van der Waals surface area contributed by atoms with Crippen LogP contribution in [0.15, 0.2) is 0 Å². The average molecular weight is 663 g/mol. The summed E-state index contributed by atoms with van der Waals surface area (Å²) in [6.45, 7) is 2.59. The number of rotatable bonds is 8. The molecule has 0 aromatic heterocycles. The van der Waals surface area contributed by atoms with Gasteiger partial charge in [-0.2, -0.15) is 0 Å². The molecule has 4 aliphatic rings. The maximum absolute atomic E-state index is 12.2. The van der Waals surface area contributed by atoms with Gasteiger partial charge in [0.25, 0.3) is 0 Å². The lowest BCUT2D eigenvalue weighted by molar-refractivity contribution is -0.389. The average Bonchev–Trinajstić information content (AvgIpc) is 2.97. The minimum atomic E-state index is -2.21. The van der Waals surface area contributed by atoms with E-state index in [1.165, 1.54) is 13.8 Å². The second-order valence-corrected chi connectivity index (χ2v) is 11.2. The molecule has 0 amide bonds. The highest BCUT2D eigenvalue weighted by Gasteiger charge is 2.56. The fourth-order valence-corrected chi connectivity index (χ4v) is 5.35. The molecule has 0 aromatic carbocycles. The van der Waals surface area contributed by atoms with Crippen molar-refractivity contribution in [1.29, 1.82) is 0 Å². The molecular formula is C24H38O21. The van der Waals surface area contributed by atoms with Crippen molar-refractivity contribution in [2.24, 2.45) is 0 Å². The van der Waals surface area contributed by atoms with Crippen molar-refractivity contribution in [3.8, 4) is 0 Å². The van der Waals surface area contributed by atoms with E-state index in [4.69, 9.17) is 33.2 Å². The van der Waals surface area contributed by atoms with Crippen molar-refractivity contribution in [2.75, 3.05) is 0 Å². The molecule has 0 spiro atoms. The highest BCUT2D eigenvalue weighted by Crippen LogP contribution is 2.34. The number of aliphatic hydroxyl groups is 10. The topological polar surface area (TPSA) is 342 Å². The number of carboxylic acids is 2. The zero-order valence-electron chi connectivity index (χ0n) is 23.6. The lowest BCUT2D eigenvalue weighted by atomic mass is 9.96. The number of carbonyl (C=O) groups is 2. The van der Waals surface area contributed by atoms with Gasteiger partial charge in [-0.05, 0) is 13.8 Å². The van der Waals surface area contributed by atoms with Crippen molar-refractivity contribution < 1.29 is 104 Å². The zero-order valence-corrected chi connectivity index (χ0v) is 23.6. The molecule has 12 N–H and O–H groups in total. The third-order valence-corrected chi connectivity index (χ3v) is 8.06. The fourth-order valence-electron chi connectivity index (χ4n) is 5.35. The summed E-state index contributed by atoms with van der Waals surface area (Å²) < 4.78 is 37.2. The molecule has 4 saturated heterocycles. The number of ether oxygens (including phenoxy) is 7. The van der Waals surface area contributed by atoms with Crippen LogP contribution in [0, 0.1) is 0 Å². The molecule has 0 saturated carbocycles. The summed E-state index contributed by atoms with van der Waals surface area (Å²) in [6.07, 6.45) is -38.2. The summed E-state index contributed by atoms with van der Waals surface area (Å²) >= 11 is 0. The van der Waals surface area contributed by atoms with Gasteiger partial charge in [-0.3, -0.25) is 0 Å². The van der Waals surface area contributed by atoms with Gasteiger partial charge in [0.1, 0.15) is 73.2 Å². The Morgan fingerprint density at radius 3 is 1.42 bits per heavy atom. The van der Waals surface area contributed by atoms with Gasteiger partial charge in [-0.15, -0.1) is 0 Å². The van der Waals surface area contributed by atoms with Gasteiger partial charge >= 0.3 is 11.9 Å². The van der Waals surface area contributed by atoms with E-state index in [9.17, 15) is 70.9 Å². The van der Waals surface area contributed by atoms with Gasteiger partial charge in [0, 0.05) is 0 Å². The quantitative estimate of drug-likeness (QED) is 0.115. The van der Waals surface area contributed by atoms with E-state index >= 15 is 0 Å². The van der Waals surface area contributed by atoms with Gasteiger partial charge in [-0.1, -0.05) is 0 Å². The lowest BCUT2D eigenvalue weighted by Crippen LogP contribution is -2.67. The van der Waals surface area contributed by atoms with Crippen molar-refractivity contribution >= 4 is 11.9 Å². The molecule has 0 aliphatic carbocycles. The molecule has 20 atom stereocenters. The van der Waals surface area contributed by atoms with Crippen molar-refractivity contribution in [2.45, 2.75) is 137 Å². The van der Waals surface area contributed by atoms with Crippen LogP contribution in [0.2, 0.25) is 0 Å². The second-order valence-electron chi connectivity index (χ2n) is 11.2. The molecule has 0 radical (unpaired) electrons. The molecule has 4 aliphatic heterocycles. The molecular weight excluding hydrogens is 624 g/mol. The summed E-state index contributed by atoms with van der Waals surface area (Å²) in [7, 11) is 0. The Balaban J connectivity index is 1.55.